The molecule has 3 heterocycles. The Morgan fingerprint density at radius 3 is 1.70 bits per heavy atom. The van der Waals surface area contributed by atoms with Gasteiger partial charge in [0, 0.05) is 28.1 Å². The van der Waals surface area contributed by atoms with E-state index in [0.29, 0.717) is 17.6 Å². The highest BCUT2D eigenvalue weighted by atomic mass is 15.2. The summed E-state index contributed by atoms with van der Waals surface area (Å²) in [6, 6.07) is 39.1. The molecule has 7 rings (SSSR count). The van der Waals surface area contributed by atoms with Crippen molar-refractivity contribution >= 4 is 21.8 Å². The molecule has 0 atom stereocenters. The van der Waals surface area contributed by atoms with Crippen LogP contribution < -0.4 is 0 Å². The lowest BCUT2D eigenvalue weighted by Crippen LogP contribution is -2.06. The number of para-hydroxylation sites is 1. The van der Waals surface area contributed by atoms with Crippen LogP contribution in [-0.4, -0.2) is 24.5 Å². The summed E-state index contributed by atoms with van der Waals surface area (Å²) in [5.41, 5.74) is 6.18. The average Bonchev–Trinajstić information content (AvgIpc) is 3.32. The van der Waals surface area contributed by atoms with Gasteiger partial charge in [0.1, 0.15) is 0 Å². The fourth-order valence-corrected chi connectivity index (χ4v) is 4.79. The largest absolute Gasteiger partial charge is 0.276 e. The summed E-state index contributed by atoms with van der Waals surface area (Å²) in [4.78, 5) is 19.2. The van der Waals surface area contributed by atoms with Crippen molar-refractivity contribution in [3.63, 3.8) is 0 Å². The molecule has 174 valence electrons. The summed E-state index contributed by atoms with van der Waals surface area (Å²) in [5, 5.41) is 2.25. The van der Waals surface area contributed by atoms with Gasteiger partial charge in [0.25, 0.3) is 0 Å². The molecule has 0 fully saturated rings. The van der Waals surface area contributed by atoms with Crippen LogP contribution in [0.4, 0.5) is 0 Å². The molecule has 5 nitrogen and oxygen atoms in total. The molecule has 0 saturated carbocycles. The number of aromatic nitrogens is 5. The monoisotopic (exact) mass is 475 g/mol. The van der Waals surface area contributed by atoms with E-state index in [1.54, 1.807) is 0 Å². The fourth-order valence-electron chi connectivity index (χ4n) is 4.79. The number of benzene rings is 4. The van der Waals surface area contributed by atoms with Gasteiger partial charge in [-0.1, -0.05) is 103 Å². The maximum atomic E-state index is 4.99. The van der Waals surface area contributed by atoms with Crippen molar-refractivity contribution in [1.29, 1.82) is 0 Å². The lowest BCUT2D eigenvalue weighted by molar-refractivity contribution is 0.951. The second-order valence-corrected chi connectivity index (χ2v) is 8.84. The number of rotatable bonds is 4. The van der Waals surface area contributed by atoms with Gasteiger partial charge in [-0.25, -0.2) is 4.98 Å². The van der Waals surface area contributed by atoms with Crippen molar-refractivity contribution in [1.82, 2.24) is 24.5 Å². The van der Waals surface area contributed by atoms with Gasteiger partial charge in [-0.15, -0.1) is 0 Å². The lowest BCUT2D eigenvalue weighted by Gasteiger charge is -2.11. The van der Waals surface area contributed by atoms with Crippen molar-refractivity contribution in [3.05, 3.63) is 128 Å². The number of fused-ring (bicyclic) bond motifs is 3. The van der Waals surface area contributed by atoms with Crippen LogP contribution in [0.25, 0.3) is 61.7 Å². The number of hydrogen-bond donors (Lipinski definition) is 0. The van der Waals surface area contributed by atoms with Crippen molar-refractivity contribution < 1.29 is 0 Å². The van der Waals surface area contributed by atoms with E-state index in [9.17, 15) is 0 Å². The Bertz CT molecular complexity index is 1800. The molecule has 0 aliphatic heterocycles. The highest BCUT2D eigenvalue weighted by Crippen LogP contribution is 2.32. The normalized spacial score (nSPS) is 11.2. The van der Waals surface area contributed by atoms with Crippen LogP contribution in [0.5, 0.6) is 0 Å². The summed E-state index contributed by atoms with van der Waals surface area (Å²) in [6.07, 6.45) is 3.69. The minimum atomic E-state index is 0.565. The SMILES string of the molecule is c1ccc(-c2ccc(-c3nc(-c4ccccc4)nc(-n4c5ccccc5c5ccncc54)n3)cc2)cc1. The van der Waals surface area contributed by atoms with Crippen molar-refractivity contribution in [2.45, 2.75) is 0 Å². The van der Waals surface area contributed by atoms with E-state index >= 15 is 0 Å². The van der Waals surface area contributed by atoms with E-state index in [2.05, 4.69) is 64.1 Å². The third-order valence-electron chi connectivity index (χ3n) is 6.58. The first-order chi connectivity index (χ1) is 18.3. The predicted molar refractivity (Wildman–Crippen MR) is 148 cm³/mol. The summed E-state index contributed by atoms with van der Waals surface area (Å²) in [5.74, 6) is 1.82. The Morgan fingerprint density at radius 2 is 0.973 bits per heavy atom. The summed E-state index contributed by atoms with van der Waals surface area (Å²) in [7, 11) is 0. The first-order valence-electron chi connectivity index (χ1n) is 12.2. The molecule has 7 aromatic rings. The van der Waals surface area contributed by atoms with Gasteiger partial charge < -0.3 is 0 Å². The highest BCUT2D eigenvalue weighted by Gasteiger charge is 2.17. The molecule has 0 amide bonds. The van der Waals surface area contributed by atoms with Crippen molar-refractivity contribution in [2.24, 2.45) is 0 Å². The zero-order valence-corrected chi connectivity index (χ0v) is 19.9. The average molecular weight is 476 g/mol. The molecule has 0 bridgehead atoms. The Hall–Kier alpha value is -5.16. The van der Waals surface area contributed by atoms with Crippen LogP contribution in [0.2, 0.25) is 0 Å². The Kier molecular flexibility index (Phi) is 5.03. The maximum Gasteiger partial charge on any atom is 0.238 e. The van der Waals surface area contributed by atoms with Crippen LogP contribution in [0.3, 0.4) is 0 Å². The third-order valence-corrected chi connectivity index (χ3v) is 6.58. The van der Waals surface area contributed by atoms with Gasteiger partial charge in [-0.3, -0.25) is 9.55 Å². The first kappa shape index (κ1) is 21.1. The molecular formula is C32H21N5. The van der Waals surface area contributed by atoms with Crippen LogP contribution in [0.15, 0.2) is 128 Å². The van der Waals surface area contributed by atoms with Gasteiger partial charge in [0.15, 0.2) is 11.6 Å². The quantitative estimate of drug-likeness (QED) is 0.267. The highest BCUT2D eigenvalue weighted by molar-refractivity contribution is 6.08. The molecule has 0 spiro atoms. The third kappa shape index (κ3) is 3.74. The molecule has 0 aliphatic rings. The molecule has 3 aromatic heterocycles. The molecule has 0 radical (unpaired) electrons. The summed E-state index contributed by atoms with van der Waals surface area (Å²) in [6.45, 7) is 0. The molecule has 0 aliphatic carbocycles. The van der Waals surface area contributed by atoms with E-state index in [1.165, 1.54) is 5.56 Å². The zero-order chi connectivity index (χ0) is 24.6. The van der Waals surface area contributed by atoms with E-state index in [-0.39, 0.29) is 0 Å². The van der Waals surface area contributed by atoms with Gasteiger partial charge in [-0.2, -0.15) is 9.97 Å². The minimum absolute atomic E-state index is 0.565. The maximum absolute atomic E-state index is 4.99. The van der Waals surface area contributed by atoms with Crippen molar-refractivity contribution in [3.8, 4) is 39.9 Å². The number of pyridine rings is 1. The minimum Gasteiger partial charge on any atom is -0.276 e. The fraction of sp³-hybridized carbons (Fsp3) is 0. The van der Waals surface area contributed by atoms with Crippen LogP contribution in [0, 0.1) is 0 Å². The standard InChI is InChI=1S/C32H21N5/c1-3-9-22(10-4-1)23-15-17-25(18-16-23)31-34-30(24-11-5-2-6-12-24)35-32(36-31)37-28-14-8-7-13-26(28)27-19-20-33-21-29(27)37/h1-21H. The first-order valence-corrected chi connectivity index (χ1v) is 12.2. The smallest absolute Gasteiger partial charge is 0.238 e. The molecule has 4 aromatic carbocycles. The molecular weight excluding hydrogens is 454 g/mol. The van der Waals surface area contributed by atoms with Crippen LogP contribution >= 0.6 is 0 Å². The topological polar surface area (TPSA) is 56.5 Å². The second kappa shape index (κ2) is 8.81. The van der Waals surface area contributed by atoms with Gasteiger partial charge in [0.2, 0.25) is 5.95 Å². The summed E-state index contributed by atoms with van der Waals surface area (Å²) < 4.78 is 2.08. The molecule has 0 unspecified atom stereocenters. The molecule has 37 heavy (non-hydrogen) atoms. The van der Waals surface area contributed by atoms with Gasteiger partial charge in [0.05, 0.1) is 17.2 Å². The lowest BCUT2D eigenvalue weighted by atomic mass is 10.0. The Morgan fingerprint density at radius 1 is 0.432 bits per heavy atom. The van der Waals surface area contributed by atoms with E-state index in [1.807, 2.05) is 73.1 Å². The van der Waals surface area contributed by atoms with E-state index in [0.717, 1.165) is 38.5 Å². The van der Waals surface area contributed by atoms with Crippen LogP contribution in [0.1, 0.15) is 0 Å². The Balaban J connectivity index is 1.45. The second-order valence-electron chi connectivity index (χ2n) is 8.84. The molecule has 5 heteroatoms. The Labute approximate surface area is 213 Å². The predicted octanol–water partition coefficient (Wildman–Crippen LogP) is 7.36. The number of hydrogen-bond acceptors (Lipinski definition) is 4. The molecule has 0 N–H and O–H groups in total. The molecule has 0 saturated heterocycles. The van der Waals surface area contributed by atoms with Gasteiger partial charge >= 0.3 is 0 Å². The van der Waals surface area contributed by atoms with Gasteiger partial charge in [-0.05, 0) is 23.3 Å². The summed E-state index contributed by atoms with van der Waals surface area (Å²) >= 11 is 0. The number of nitrogens with zero attached hydrogens (tertiary/aromatic N) is 5. The zero-order valence-electron chi connectivity index (χ0n) is 19.9. The van der Waals surface area contributed by atoms with E-state index in [4.69, 9.17) is 15.0 Å². The van der Waals surface area contributed by atoms with Crippen LogP contribution in [-0.2, 0) is 0 Å². The van der Waals surface area contributed by atoms with E-state index < -0.39 is 0 Å². The van der Waals surface area contributed by atoms with Crippen molar-refractivity contribution in [2.75, 3.05) is 0 Å².